The molecule has 2 aromatic heterocycles. The van der Waals surface area contributed by atoms with Gasteiger partial charge in [0.15, 0.2) is 0 Å². The molecule has 0 bridgehead atoms. The molecule has 1 saturated heterocycles. The lowest BCUT2D eigenvalue weighted by Gasteiger charge is -2.27. The van der Waals surface area contributed by atoms with Gasteiger partial charge in [-0.25, -0.2) is 0 Å². The lowest BCUT2D eigenvalue weighted by Crippen LogP contribution is -2.43. The quantitative estimate of drug-likeness (QED) is 0.809. The average molecular weight is 335 g/mol. The fraction of sp³-hybridized carbons (Fsp3) is 0.333. The van der Waals surface area contributed by atoms with Gasteiger partial charge < -0.3 is 5.32 Å². The zero-order valence-electron chi connectivity index (χ0n) is 7.74. The monoisotopic (exact) mass is 334 g/mol. The Labute approximate surface area is 105 Å². The van der Waals surface area contributed by atoms with Gasteiger partial charge in [-0.1, -0.05) is 11.6 Å². The minimum atomic E-state index is 0.415. The first-order chi connectivity index (χ1) is 7.27. The molecule has 1 N–H and O–H groups in total. The van der Waals surface area contributed by atoms with Crippen molar-refractivity contribution >= 4 is 45.2 Å². The van der Waals surface area contributed by atoms with Gasteiger partial charge in [0.2, 0.25) is 0 Å². The van der Waals surface area contributed by atoms with Gasteiger partial charge >= 0.3 is 0 Å². The molecule has 6 heteroatoms. The minimum absolute atomic E-state index is 0.415. The molecule has 15 heavy (non-hydrogen) atoms. The zero-order valence-corrected chi connectivity index (χ0v) is 10.7. The molecule has 4 nitrogen and oxygen atoms in total. The highest BCUT2D eigenvalue weighted by molar-refractivity contribution is 14.1. The van der Waals surface area contributed by atoms with Crippen LogP contribution in [0.5, 0.6) is 0 Å². The van der Waals surface area contributed by atoms with Crippen LogP contribution in [0.4, 0.5) is 0 Å². The van der Waals surface area contributed by atoms with Crippen molar-refractivity contribution in [1.29, 1.82) is 0 Å². The Morgan fingerprint density at radius 3 is 3.00 bits per heavy atom. The second-order valence-electron chi connectivity index (χ2n) is 3.54. The molecule has 2 aromatic rings. The Bertz CT molecular complexity index is 520. The van der Waals surface area contributed by atoms with Crippen LogP contribution >= 0.6 is 34.2 Å². The van der Waals surface area contributed by atoms with Crippen LogP contribution < -0.4 is 5.32 Å². The van der Waals surface area contributed by atoms with E-state index in [4.69, 9.17) is 11.6 Å². The molecular weight excluding hydrogens is 326 g/mol. The topological polar surface area (TPSA) is 42.7 Å². The molecule has 1 aliphatic rings. The number of halogens is 2. The number of rotatable bonds is 1. The third kappa shape index (κ3) is 1.44. The molecule has 3 rings (SSSR count). The van der Waals surface area contributed by atoms with Crippen molar-refractivity contribution in [3.63, 3.8) is 0 Å². The van der Waals surface area contributed by atoms with Gasteiger partial charge in [-0.15, -0.1) is 0 Å². The summed E-state index contributed by atoms with van der Waals surface area (Å²) in [4.78, 5) is 4.31. The summed E-state index contributed by atoms with van der Waals surface area (Å²) in [6, 6.07) is 2.22. The number of hydrogen-bond acceptors (Lipinski definition) is 3. The molecule has 1 aliphatic heterocycles. The molecule has 0 amide bonds. The zero-order chi connectivity index (χ0) is 10.4. The predicted molar refractivity (Wildman–Crippen MR) is 67.2 cm³/mol. The van der Waals surface area contributed by atoms with Crippen molar-refractivity contribution in [3.05, 3.63) is 21.0 Å². The van der Waals surface area contributed by atoms with Crippen LogP contribution in [0.1, 0.15) is 6.04 Å². The Hall–Kier alpha value is -0.400. The number of pyridine rings is 1. The largest absolute Gasteiger partial charge is 0.312 e. The van der Waals surface area contributed by atoms with Crippen molar-refractivity contribution in [3.8, 4) is 0 Å². The van der Waals surface area contributed by atoms with Gasteiger partial charge in [-0.3, -0.25) is 9.67 Å². The fourth-order valence-electron chi connectivity index (χ4n) is 1.70. The molecule has 0 radical (unpaired) electrons. The summed E-state index contributed by atoms with van der Waals surface area (Å²) in [5, 5.41) is 8.44. The van der Waals surface area contributed by atoms with Gasteiger partial charge in [0.1, 0.15) is 14.7 Å². The SMILES string of the molecule is Clc1ccnc2c(I)nn(C3CNC3)c12. The number of nitrogens with zero attached hydrogens (tertiary/aromatic N) is 3. The van der Waals surface area contributed by atoms with Gasteiger partial charge in [0.25, 0.3) is 0 Å². The highest BCUT2D eigenvalue weighted by Gasteiger charge is 2.24. The molecule has 3 heterocycles. The van der Waals surface area contributed by atoms with Gasteiger partial charge in [-0.05, 0) is 28.7 Å². The third-order valence-corrected chi connectivity index (χ3v) is 3.63. The van der Waals surface area contributed by atoms with E-state index in [0.717, 1.165) is 32.8 Å². The first-order valence-corrected chi connectivity index (χ1v) is 6.12. The lowest BCUT2D eigenvalue weighted by molar-refractivity contribution is 0.325. The minimum Gasteiger partial charge on any atom is -0.312 e. The molecule has 0 saturated carbocycles. The Balaban J connectivity index is 2.29. The van der Waals surface area contributed by atoms with Gasteiger partial charge in [-0.2, -0.15) is 5.10 Å². The summed E-state index contributed by atoms with van der Waals surface area (Å²) >= 11 is 8.37. The molecular formula is C9H8ClIN4. The third-order valence-electron chi connectivity index (χ3n) is 2.60. The van der Waals surface area contributed by atoms with Crippen molar-refractivity contribution in [2.24, 2.45) is 0 Å². The number of nitrogens with one attached hydrogen (secondary N) is 1. The Morgan fingerprint density at radius 2 is 2.33 bits per heavy atom. The molecule has 0 atom stereocenters. The van der Waals surface area contributed by atoms with Crippen molar-refractivity contribution in [2.75, 3.05) is 13.1 Å². The summed E-state index contributed by atoms with van der Waals surface area (Å²) in [5.74, 6) is 0. The van der Waals surface area contributed by atoms with Crippen molar-refractivity contribution in [2.45, 2.75) is 6.04 Å². The lowest BCUT2D eigenvalue weighted by atomic mass is 10.2. The van der Waals surface area contributed by atoms with E-state index in [1.165, 1.54) is 0 Å². The molecule has 0 spiro atoms. The second kappa shape index (κ2) is 3.57. The van der Waals surface area contributed by atoms with E-state index in [2.05, 4.69) is 38.0 Å². The first-order valence-electron chi connectivity index (χ1n) is 4.66. The van der Waals surface area contributed by atoms with E-state index in [1.54, 1.807) is 6.20 Å². The highest BCUT2D eigenvalue weighted by atomic mass is 127. The summed E-state index contributed by atoms with van der Waals surface area (Å²) in [6.45, 7) is 1.91. The number of fused-ring (bicyclic) bond motifs is 1. The molecule has 0 aliphatic carbocycles. The smallest absolute Gasteiger partial charge is 0.149 e. The maximum absolute atomic E-state index is 6.18. The average Bonchev–Trinajstić information content (AvgIpc) is 2.43. The summed E-state index contributed by atoms with van der Waals surface area (Å²) in [6.07, 6.45) is 1.72. The van der Waals surface area contributed by atoms with Gasteiger partial charge in [0.05, 0.1) is 11.1 Å². The van der Waals surface area contributed by atoms with E-state index in [-0.39, 0.29) is 0 Å². The Kier molecular flexibility index (Phi) is 2.33. The van der Waals surface area contributed by atoms with Crippen LogP contribution in [0, 0.1) is 3.70 Å². The molecule has 0 aromatic carbocycles. The number of aromatic nitrogens is 3. The predicted octanol–water partition coefficient (Wildman–Crippen LogP) is 1.83. The maximum Gasteiger partial charge on any atom is 0.149 e. The van der Waals surface area contributed by atoms with E-state index in [1.807, 2.05) is 10.7 Å². The molecule has 1 fully saturated rings. The normalized spacial score (nSPS) is 16.9. The van der Waals surface area contributed by atoms with E-state index in [9.17, 15) is 0 Å². The van der Waals surface area contributed by atoms with Crippen molar-refractivity contribution in [1.82, 2.24) is 20.1 Å². The van der Waals surface area contributed by atoms with Crippen LogP contribution in [0.3, 0.4) is 0 Å². The van der Waals surface area contributed by atoms with Crippen LogP contribution in [0.2, 0.25) is 5.02 Å². The van der Waals surface area contributed by atoms with E-state index >= 15 is 0 Å². The highest BCUT2D eigenvalue weighted by Crippen LogP contribution is 2.28. The first kappa shape index (κ1) is 9.80. The summed E-state index contributed by atoms with van der Waals surface area (Å²) in [5.41, 5.74) is 1.85. The van der Waals surface area contributed by atoms with E-state index in [0.29, 0.717) is 6.04 Å². The van der Waals surface area contributed by atoms with Crippen LogP contribution in [0.25, 0.3) is 11.0 Å². The van der Waals surface area contributed by atoms with Crippen LogP contribution in [0.15, 0.2) is 12.3 Å². The molecule has 78 valence electrons. The number of hydrogen-bond donors (Lipinski definition) is 1. The fourth-order valence-corrected chi connectivity index (χ4v) is 2.56. The maximum atomic E-state index is 6.18. The van der Waals surface area contributed by atoms with Crippen LogP contribution in [-0.2, 0) is 0 Å². The summed E-state index contributed by atoms with van der Waals surface area (Å²) < 4.78 is 2.90. The van der Waals surface area contributed by atoms with Crippen LogP contribution in [-0.4, -0.2) is 27.9 Å². The van der Waals surface area contributed by atoms with Crippen molar-refractivity contribution < 1.29 is 0 Å². The second-order valence-corrected chi connectivity index (χ2v) is 4.97. The van der Waals surface area contributed by atoms with Gasteiger partial charge in [0, 0.05) is 19.3 Å². The Morgan fingerprint density at radius 1 is 1.53 bits per heavy atom. The summed E-state index contributed by atoms with van der Waals surface area (Å²) in [7, 11) is 0. The molecule has 0 unspecified atom stereocenters. The standard InChI is InChI=1S/C9H8ClIN4/c10-6-1-2-13-7-8(6)15(14-9(7)11)5-3-12-4-5/h1-2,5,12H,3-4H2. The van der Waals surface area contributed by atoms with E-state index < -0.39 is 0 Å².